The van der Waals surface area contributed by atoms with Crippen molar-refractivity contribution < 1.29 is 0 Å². The highest BCUT2D eigenvalue weighted by Gasteiger charge is 2.36. The summed E-state index contributed by atoms with van der Waals surface area (Å²) in [7, 11) is 0. The number of nitrogens with one attached hydrogen (secondary N) is 1. The minimum Gasteiger partial charge on any atom is -0.382 e. The van der Waals surface area contributed by atoms with E-state index in [4.69, 9.17) is 5.73 Å². The average Bonchev–Trinajstić information content (AvgIpc) is 3.12. The summed E-state index contributed by atoms with van der Waals surface area (Å²) in [5.74, 6) is 1.46. The van der Waals surface area contributed by atoms with Gasteiger partial charge in [0.2, 0.25) is 0 Å². The summed E-state index contributed by atoms with van der Waals surface area (Å²) >= 11 is 0. The van der Waals surface area contributed by atoms with Gasteiger partial charge in [0.1, 0.15) is 0 Å². The first-order chi connectivity index (χ1) is 7.79. The summed E-state index contributed by atoms with van der Waals surface area (Å²) in [6.07, 6.45) is 4.02. The lowest BCUT2D eigenvalue weighted by Crippen LogP contribution is -2.33. The fraction of sp³-hybridized carbons (Fsp3) is 0.571. The van der Waals surface area contributed by atoms with E-state index in [1.165, 1.54) is 36.1 Å². The molecule has 1 aliphatic carbocycles. The number of para-hydroxylation sites is 1. The van der Waals surface area contributed by atoms with E-state index in [9.17, 15) is 0 Å². The van der Waals surface area contributed by atoms with E-state index in [-0.39, 0.29) is 0 Å². The van der Waals surface area contributed by atoms with Crippen LogP contribution >= 0.6 is 0 Å². The van der Waals surface area contributed by atoms with E-state index in [1.54, 1.807) is 0 Å². The van der Waals surface area contributed by atoms with Gasteiger partial charge < -0.3 is 11.1 Å². The topological polar surface area (TPSA) is 38.0 Å². The Bertz CT molecular complexity index is 396. The summed E-state index contributed by atoms with van der Waals surface area (Å²) in [6, 6.07) is 7.24. The van der Waals surface area contributed by atoms with Gasteiger partial charge in [-0.1, -0.05) is 18.2 Å². The Morgan fingerprint density at radius 1 is 1.38 bits per heavy atom. The summed E-state index contributed by atoms with van der Waals surface area (Å²) in [5.41, 5.74) is 10.1. The van der Waals surface area contributed by atoms with Crippen molar-refractivity contribution in [3.63, 3.8) is 0 Å². The van der Waals surface area contributed by atoms with E-state index in [2.05, 4.69) is 30.4 Å². The zero-order valence-corrected chi connectivity index (χ0v) is 9.87. The molecule has 3 N–H and O–H groups in total. The van der Waals surface area contributed by atoms with Crippen molar-refractivity contribution in [1.82, 2.24) is 0 Å². The summed E-state index contributed by atoms with van der Waals surface area (Å²) in [6.45, 7) is 2.97. The molecule has 86 valence electrons. The molecule has 2 nitrogen and oxygen atoms in total. The minimum atomic E-state index is 0.557. The first kappa shape index (κ1) is 10.2. The van der Waals surface area contributed by atoms with Gasteiger partial charge in [0.15, 0.2) is 0 Å². The van der Waals surface area contributed by atoms with Gasteiger partial charge in [0.25, 0.3) is 0 Å². The Morgan fingerprint density at radius 2 is 2.19 bits per heavy atom. The number of hydrogen-bond donors (Lipinski definition) is 2. The molecule has 1 fully saturated rings. The number of nitrogens with two attached hydrogens (primary N) is 1. The maximum atomic E-state index is 5.92. The van der Waals surface area contributed by atoms with Crippen LogP contribution in [0.3, 0.4) is 0 Å². The fourth-order valence-electron chi connectivity index (χ4n) is 2.94. The summed E-state index contributed by atoms with van der Waals surface area (Å²) in [5, 5.41) is 3.74. The van der Waals surface area contributed by atoms with Crippen LogP contribution in [0.25, 0.3) is 0 Å². The second-order valence-electron chi connectivity index (χ2n) is 5.30. The molecule has 1 saturated carbocycles. The van der Waals surface area contributed by atoms with Gasteiger partial charge in [-0.25, -0.2) is 0 Å². The minimum absolute atomic E-state index is 0.557. The molecule has 2 atom stereocenters. The Kier molecular flexibility index (Phi) is 2.40. The average molecular weight is 216 g/mol. The third-order valence-electron chi connectivity index (χ3n) is 4.09. The Labute approximate surface area is 97.2 Å². The third kappa shape index (κ3) is 1.61. The number of anilines is 1. The van der Waals surface area contributed by atoms with Crippen molar-refractivity contribution in [2.24, 2.45) is 11.7 Å². The molecule has 16 heavy (non-hydrogen) atoms. The zero-order valence-electron chi connectivity index (χ0n) is 9.87. The van der Waals surface area contributed by atoms with Crippen LogP contribution in [0.2, 0.25) is 0 Å². The van der Waals surface area contributed by atoms with E-state index >= 15 is 0 Å². The molecule has 0 aromatic heterocycles. The number of aryl methyl sites for hydroxylation is 1. The molecule has 1 aliphatic heterocycles. The van der Waals surface area contributed by atoms with Crippen molar-refractivity contribution in [2.45, 2.75) is 38.1 Å². The van der Waals surface area contributed by atoms with Crippen LogP contribution in [-0.2, 0) is 0 Å². The largest absolute Gasteiger partial charge is 0.382 e. The Hall–Kier alpha value is -1.02. The number of fused-ring (bicyclic) bond motifs is 1. The third-order valence-corrected chi connectivity index (χ3v) is 4.09. The quantitative estimate of drug-likeness (QED) is 0.797. The van der Waals surface area contributed by atoms with E-state index in [0.717, 1.165) is 12.5 Å². The molecule has 0 spiro atoms. The molecule has 2 aliphatic rings. The zero-order chi connectivity index (χ0) is 11.1. The van der Waals surface area contributed by atoms with Crippen molar-refractivity contribution >= 4 is 5.69 Å². The van der Waals surface area contributed by atoms with Crippen molar-refractivity contribution in [3.8, 4) is 0 Å². The molecular weight excluding hydrogens is 196 g/mol. The molecule has 3 rings (SSSR count). The standard InChI is InChI=1S/C14H20N2/c1-9-3-2-4-12-11(8-15)7-13(10-5-6-10)16-14(9)12/h2-4,10-11,13,16H,5-8,15H2,1H3. The van der Waals surface area contributed by atoms with Crippen LogP contribution in [0.15, 0.2) is 18.2 Å². The van der Waals surface area contributed by atoms with Crippen LogP contribution in [0.1, 0.15) is 36.3 Å². The lowest BCUT2D eigenvalue weighted by atomic mass is 9.84. The van der Waals surface area contributed by atoms with Crippen molar-refractivity contribution in [1.29, 1.82) is 0 Å². The second kappa shape index (κ2) is 3.77. The predicted molar refractivity (Wildman–Crippen MR) is 67.7 cm³/mol. The SMILES string of the molecule is Cc1cccc2c1NC(C1CC1)CC2CN. The van der Waals surface area contributed by atoms with E-state index in [1.807, 2.05) is 0 Å². The summed E-state index contributed by atoms with van der Waals surface area (Å²) < 4.78 is 0. The van der Waals surface area contributed by atoms with Crippen LogP contribution in [-0.4, -0.2) is 12.6 Å². The van der Waals surface area contributed by atoms with Crippen molar-refractivity contribution in [3.05, 3.63) is 29.3 Å². The van der Waals surface area contributed by atoms with E-state index < -0.39 is 0 Å². The Morgan fingerprint density at radius 3 is 2.88 bits per heavy atom. The molecule has 0 amide bonds. The molecule has 1 aromatic rings. The normalized spacial score (nSPS) is 28.4. The molecule has 1 aromatic carbocycles. The molecule has 2 unspecified atom stereocenters. The van der Waals surface area contributed by atoms with Crippen LogP contribution in [0.5, 0.6) is 0 Å². The van der Waals surface area contributed by atoms with Gasteiger partial charge in [-0.05, 0) is 49.8 Å². The maximum Gasteiger partial charge on any atom is 0.0408 e. The molecule has 0 radical (unpaired) electrons. The van der Waals surface area contributed by atoms with Crippen molar-refractivity contribution in [2.75, 3.05) is 11.9 Å². The first-order valence-electron chi connectivity index (χ1n) is 6.35. The molecule has 0 saturated heterocycles. The van der Waals surface area contributed by atoms with Gasteiger partial charge in [0, 0.05) is 17.6 Å². The van der Waals surface area contributed by atoms with Gasteiger partial charge in [-0.3, -0.25) is 0 Å². The van der Waals surface area contributed by atoms with Crippen LogP contribution in [0, 0.1) is 12.8 Å². The highest BCUT2D eigenvalue weighted by molar-refractivity contribution is 5.61. The smallest absolute Gasteiger partial charge is 0.0408 e. The fourth-order valence-corrected chi connectivity index (χ4v) is 2.94. The highest BCUT2D eigenvalue weighted by Crippen LogP contribution is 2.43. The van der Waals surface area contributed by atoms with Gasteiger partial charge in [-0.2, -0.15) is 0 Å². The van der Waals surface area contributed by atoms with Gasteiger partial charge >= 0.3 is 0 Å². The molecule has 0 bridgehead atoms. The van der Waals surface area contributed by atoms with Crippen LogP contribution < -0.4 is 11.1 Å². The number of hydrogen-bond acceptors (Lipinski definition) is 2. The first-order valence-corrected chi connectivity index (χ1v) is 6.35. The lowest BCUT2D eigenvalue weighted by molar-refractivity contribution is 0.497. The van der Waals surface area contributed by atoms with Crippen LogP contribution in [0.4, 0.5) is 5.69 Å². The number of rotatable bonds is 2. The lowest BCUT2D eigenvalue weighted by Gasteiger charge is -2.34. The maximum absolute atomic E-state index is 5.92. The Balaban J connectivity index is 1.97. The molecule has 2 heteroatoms. The second-order valence-corrected chi connectivity index (χ2v) is 5.30. The molecule has 1 heterocycles. The number of benzene rings is 1. The van der Waals surface area contributed by atoms with Gasteiger partial charge in [0.05, 0.1) is 0 Å². The molecular formula is C14H20N2. The summed E-state index contributed by atoms with van der Waals surface area (Å²) in [4.78, 5) is 0. The van der Waals surface area contributed by atoms with E-state index in [0.29, 0.717) is 12.0 Å². The highest BCUT2D eigenvalue weighted by atomic mass is 15.0. The van der Waals surface area contributed by atoms with Gasteiger partial charge in [-0.15, -0.1) is 0 Å². The monoisotopic (exact) mass is 216 g/mol. The predicted octanol–water partition coefficient (Wildman–Crippen LogP) is 2.63.